The number of anilines is 1. The van der Waals surface area contributed by atoms with Gasteiger partial charge in [0.15, 0.2) is 5.96 Å². The van der Waals surface area contributed by atoms with Crippen molar-refractivity contribution < 1.29 is 13.2 Å². The Balaban J connectivity index is 2.52. The molecule has 0 unspecified atom stereocenters. The van der Waals surface area contributed by atoms with Crippen LogP contribution in [-0.2, 0) is 10.0 Å². The van der Waals surface area contributed by atoms with Crippen molar-refractivity contribution in [1.82, 2.24) is 4.72 Å². The van der Waals surface area contributed by atoms with Crippen molar-refractivity contribution in [2.45, 2.75) is 0 Å². The van der Waals surface area contributed by atoms with E-state index in [2.05, 4.69) is 15.0 Å². The van der Waals surface area contributed by atoms with E-state index in [4.69, 9.17) is 10.5 Å². The van der Waals surface area contributed by atoms with Crippen molar-refractivity contribution in [3.05, 3.63) is 24.3 Å². The number of hydrogen-bond donors (Lipinski definition) is 3. The van der Waals surface area contributed by atoms with Crippen LogP contribution in [0.5, 0.6) is 5.75 Å². The zero-order valence-corrected chi connectivity index (χ0v) is 11.7. The molecule has 0 heterocycles. The van der Waals surface area contributed by atoms with E-state index in [1.54, 1.807) is 19.2 Å². The molecule has 0 radical (unpaired) electrons. The maximum atomic E-state index is 10.8. The summed E-state index contributed by atoms with van der Waals surface area (Å²) >= 11 is 0. The van der Waals surface area contributed by atoms with Crippen LogP contribution in [0.1, 0.15) is 0 Å². The summed E-state index contributed by atoms with van der Waals surface area (Å²) in [4.78, 5) is 4.00. The Morgan fingerprint density at radius 1 is 1.42 bits per heavy atom. The van der Waals surface area contributed by atoms with Crippen molar-refractivity contribution in [1.29, 1.82) is 0 Å². The van der Waals surface area contributed by atoms with Gasteiger partial charge in [0.1, 0.15) is 5.75 Å². The van der Waals surface area contributed by atoms with Crippen LogP contribution in [-0.4, -0.2) is 40.8 Å². The minimum atomic E-state index is -3.19. The molecule has 0 saturated heterocycles. The Labute approximate surface area is 112 Å². The van der Waals surface area contributed by atoms with Gasteiger partial charge in [-0.2, -0.15) is 0 Å². The van der Waals surface area contributed by atoms with Gasteiger partial charge < -0.3 is 15.8 Å². The van der Waals surface area contributed by atoms with E-state index in [9.17, 15) is 8.42 Å². The van der Waals surface area contributed by atoms with Crippen LogP contribution in [0.15, 0.2) is 29.3 Å². The molecule has 106 valence electrons. The number of benzene rings is 1. The van der Waals surface area contributed by atoms with Gasteiger partial charge in [0.2, 0.25) is 10.0 Å². The maximum Gasteiger partial charge on any atom is 0.208 e. The number of para-hydroxylation sites is 2. The number of nitrogens with one attached hydrogen (secondary N) is 2. The SMILES string of the molecule is COc1ccccc1NC(N)=NCCNS(C)(=O)=O. The van der Waals surface area contributed by atoms with Gasteiger partial charge in [0, 0.05) is 6.54 Å². The average Bonchev–Trinajstić information content (AvgIpc) is 2.34. The fourth-order valence-corrected chi connectivity index (χ4v) is 1.79. The molecule has 0 atom stereocenters. The summed E-state index contributed by atoms with van der Waals surface area (Å²) in [7, 11) is -1.63. The van der Waals surface area contributed by atoms with Gasteiger partial charge in [0.25, 0.3) is 0 Å². The lowest BCUT2D eigenvalue weighted by Crippen LogP contribution is -2.27. The molecule has 0 aromatic heterocycles. The van der Waals surface area contributed by atoms with Crippen molar-refractivity contribution in [2.75, 3.05) is 31.8 Å². The highest BCUT2D eigenvalue weighted by Gasteiger charge is 2.02. The molecule has 7 nitrogen and oxygen atoms in total. The van der Waals surface area contributed by atoms with Crippen LogP contribution >= 0.6 is 0 Å². The number of rotatable bonds is 6. The van der Waals surface area contributed by atoms with E-state index >= 15 is 0 Å². The number of guanidine groups is 1. The predicted molar refractivity (Wildman–Crippen MR) is 76.0 cm³/mol. The lowest BCUT2D eigenvalue weighted by atomic mass is 10.3. The molecule has 8 heteroatoms. The Bertz CT molecular complexity index is 543. The zero-order chi connectivity index (χ0) is 14.3. The first-order valence-corrected chi connectivity index (χ1v) is 7.46. The van der Waals surface area contributed by atoms with E-state index in [0.717, 1.165) is 6.26 Å². The molecule has 1 aromatic rings. The largest absolute Gasteiger partial charge is 0.495 e. The third-order valence-corrected chi connectivity index (χ3v) is 2.86. The van der Waals surface area contributed by atoms with Crippen molar-refractivity contribution >= 4 is 21.7 Å². The topological polar surface area (TPSA) is 106 Å². The van der Waals surface area contributed by atoms with Crippen LogP contribution in [0.3, 0.4) is 0 Å². The van der Waals surface area contributed by atoms with Gasteiger partial charge in [-0.05, 0) is 12.1 Å². The molecule has 1 rings (SSSR count). The summed E-state index contributed by atoms with van der Waals surface area (Å²) < 4.78 is 29.1. The van der Waals surface area contributed by atoms with Crippen molar-refractivity contribution in [2.24, 2.45) is 10.7 Å². The van der Waals surface area contributed by atoms with E-state index in [1.165, 1.54) is 0 Å². The smallest absolute Gasteiger partial charge is 0.208 e. The summed E-state index contributed by atoms with van der Waals surface area (Å²) in [5, 5.41) is 2.88. The number of sulfonamides is 1. The number of ether oxygens (including phenoxy) is 1. The predicted octanol–water partition coefficient (Wildman–Crippen LogP) is -0.0290. The monoisotopic (exact) mass is 286 g/mol. The van der Waals surface area contributed by atoms with Crippen LogP contribution in [0, 0.1) is 0 Å². The average molecular weight is 286 g/mol. The molecular formula is C11H18N4O3S. The maximum absolute atomic E-state index is 10.8. The Kier molecular flexibility index (Phi) is 5.58. The van der Waals surface area contributed by atoms with Gasteiger partial charge >= 0.3 is 0 Å². The summed E-state index contributed by atoms with van der Waals surface area (Å²) in [6.45, 7) is 0.453. The fraction of sp³-hybridized carbons (Fsp3) is 0.364. The second-order valence-electron chi connectivity index (χ2n) is 3.76. The van der Waals surface area contributed by atoms with Gasteiger partial charge in [-0.3, -0.25) is 4.99 Å². The van der Waals surface area contributed by atoms with Crippen molar-refractivity contribution in [3.8, 4) is 5.75 Å². The highest BCUT2D eigenvalue weighted by atomic mass is 32.2. The number of nitrogens with zero attached hydrogens (tertiary/aromatic N) is 1. The Hall–Kier alpha value is -1.80. The zero-order valence-electron chi connectivity index (χ0n) is 10.9. The molecule has 0 aliphatic carbocycles. The molecule has 0 saturated carbocycles. The molecular weight excluding hydrogens is 268 g/mol. The van der Waals surface area contributed by atoms with Crippen LogP contribution < -0.4 is 20.5 Å². The van der Waals surface area contributed by atoms with Gasteiger partial charge in [-0.1, -0.05) is 12.1 Å². The first-order valence-electron chi connectivity index (χ1n) is 5.57. The summed E-state index contributed by atoms with van der Waals surface area (Å²) in [5.74, 6) is 0.842. The standard InChI is InChI=1S/C11H18N4O3S/c1-18-10-6-4-3-5-9(10)15-11(12)13-7-8-14-19(2,16)17/h3-6,14H,7-8H2,1-2H3,(H3,12,13,15). The fourth-order valence-electron chi connectivity index (χ4n) is 1.33. The Morgan fingerprint density at radius 2 is 2.11 bits per heavy atom. The highest BCUT2D eigenvalue weighted by molar-refractivity contribution is 7.88. The van der Waals surface area contributed by atoms with Gasteiger partial charge in [-0.15, -0.1) is 0 Å². The molecule has 19 heavy (non-hydrogen) atoms. The molecule has 1 aromatic carbocycles. The second kappa shape index (κ2) is 6.95. The molecule has 0 aliphatic rings. The third kappa shape index (κ3) is 6.07. The second-order valence-corrected chi connectivity index (χ2v) is 5.59. The van der Waals surface area contributed by atoms with Crippen molar-refractivity contribution in [3.63, 3.8) is 0 Å². The minimum Gasteiger partial charge on any atom is -0.495 e. The quantitative estimate of drug-likeness (QED) is 0.387. The van der Waals surface area contributed by atoms with E-state index in [1.807, 2.05) is 12.1 Å². The number of hydrogen-bond acceptors (Lipinski definition) is 4. The molecule has 0 aliphatic heterocycles. The first kappa shape index (κ1) is 15.3. The van der Waals surface area contributed by atoms with Crippen LogP contribution in [0.2, 0.25) is 0 Å². The van der Waals surface area contributed by atoms with Gasteiger partial charge in [0.05, 0.1) is 25.6 Å². The van der Waals surface area contributed by atoms with Gasteiger partial charge in [-0.25, -0.2) is 13.1 Å². The third-order valence-electron chi connectivity index (χ3n) is 2.13. The summed E-state index contributed by atoms with van der Waals surface area (Å²) in [5.41, 5.74) is 6.38. The molecule has 0 bridgehead atoms. The molecule has 0 spiro atoms. The molecule has 0 amide bonds. The lowest BCUT2D eigenvalue weighted by Gasteiger charge is -2.10. The normalized spacial score (nSPS) is 12.2. The van der Waals surface area contributed by atoms with E-state index in [0.29, 0.717) is 11.4 Å². The number of aliphatic imine (C=N–C) groups is 1. The number of nitrogens with two attached hydrogens (primary N) is 1. The van der Waals surface area contributed by atoms with E-state index in [-0.39, 0.29) is 19.0 Å². The van der Waals surface area contributed by atoms with Crippen LogP contribution in [0.4, 0.5) is 5.69 Å². The van der Waals surface area contributed by atoms with Crippen LogP contribution in [0.25, 0.3) is 0 Å². The summed E-state index contributed by atoms with van der Waals surface area (Å²) in [6, 6.07) is 7.27. The molecule has 0 fully saturated rings. The summed E-state index contributed by atoms with van der Waals surface area (Å²) in [6.07, 6.45) is 1.09. The Morgan fingerprint density at radius 3 is 2.74 bits per heavy atom. The van der Waals surface area contributed by atoms with E-state index < -0.39 is 10.0 Å². The first-order chi connectivity index (χ1) is 8.92. The number of methoxy groups -OCH3 is 1. The molecule has 4 N–H and O–H groups in total. The lowest BCUT2D eigenvalue weighted by molar-refractivity contribution is 0.417. The minimum absolute atomic E-state index is 0.194. The highest BCUT2D eigenvalue weighted by Crippen LogP contribution is 2.22.